The van der Waals surface area contributed by atoms with Crippen molar-refractivity contribution in [3.05, 3.63) is 57.5 Å². The van der Waals surface area contributed by atoms with Gasteiger partial charge in [-0.15, -0.1) is 0 Å². The van der Waals surface area contributed by atoms with Gasteiger partial charge in [0.15, 0.2) is 0 Å². The molecule has 0 aliphatic carbocycles. The normalized spacial score (nSPS) is 10.1. The van der Waals surface area contributed by atoms with Gasteiger partial charge < -0.3 is 16.0 Å². The number of nitrogens with two attached hydrogens (primary N) is 1. The summed E-state index contributed by atoms with van der Waals surface area (Å²) >= 11 is 5.93. The van der Waals surface area contributed by atoms with Crippen molar-refractivity contribution >= 4 is 28.9 Å². The number of rotatable bonds is 2. The molecule has 1 aromatic heterocycles. The molecule has 4 N–H and O–H groups in total. The number of carbonyl (C=O) groups excluding carboxylic acids is 1. The van der Waals surface area contributed by atoms with E-state index >= 15 is 0 Å². The van der Waals surface area contributed by atoms with E-state index in [-0.39, 0.29) is 11.5 Å². The van der Waals surface area contributed by atoms with Crippen LogP contribution in [-0.4, -0.2) is 10.9 Å². The molecule has 2 aromatic rings. The predicted molar refractivity (Wildman–Crippen MR) is 70.9 cm³/mol. The van der Waals surface area contributed by atoms with E-state index in [2.05, 4.69) is 10.3 Å². The van der Waals surface area contributed by atoms with E-state index in [1.165, 1.54) is 18.3 Å². The van der Waals surface area contributed by atoms with Gasteiger partial charge in [-0.1, -0.05) is 11.6 Å². The third kappa shape index (κ3) is 2.70. The topological polar surface area (TPSA) is 88.0 Å². The van der Waals surface area contributed by atoms with Crippen LogP contribution in [0.25, 0.3) is 0 Å². The van der Waals surface area contributed by atoms with Gasteiger partial charge in [0.2, 0.25) is 5.56 Å². The number of pyridine rings is 1. The van der Waals surface area contributed by atoms with Crippen LogP contribution in [0.5, 0.6) is 0 Å². The molecule has 0 aliphatic rings. The van der Waals surface area contributed by atoms with Gasteiger partial charge in [0.1, 0.15) is 0 Å². The first-order chi connectivity index (χ1) is 8.56. The van der Waals surface area contributed by atoms with Crippen molar-refractivity contribution in [1.29, 1.82) is 0 Å². The van der Waals surface area contributed by atoms with Crippen molar-refractivity contribution in [3.63, 3.8) is 0 Å². The van der Waals surface area contributed by atoms with Crippen molar-refractivity contribution in [2.75, 3.05) is 11.1 Å². The number of nitrogen functional groups attached to an aromatic ring is 1. The van der Waals surface area contributed by atoms with Crippen LogP contribution in [0.2, 0.25) is 5.02 Å². The quantitative estimate of drug-likeness (QED) is 0.723. The molecule has 0 aliphatic heterocycles. The van der Waals surface area contributed by atoms with Gasteiger partial charge in [-0.25, -0.2) is 0 Å². The first kappa shape index (κ1) is 12.2. The summed E-state index contributed by atoms with van der Waals surface area (Å²) in [5.74, 6) is -0.363. The Balaban J connectivity index is 2.21. The SMILES string of the molecule is Nc1ccc(NC(=O)c2ccc(=O)[nH]c2)c(Cl)c1. The summed E-state index contributed by atoms with van der Waals surface area (Å²) in [4.78, 5) is 25.1. The monoisotopic (exact) mass is 263 g/mol. The van der Waals surface area contributed by atoms with Gasteiger partial charge in [0.05, 0.1) is 16.3 Å². The highest BCUT2D eigenvalue weighted by molar-refractivity contribution is 6.34. The number of aromatic nitrogens is 1. The summed E-state index contributed by atoms with van der Waals surface area (Å²) in [5.41, 5.74) is 6.59. The smallest absolute Gasteiger partial charge is 0.257 e. The Kier molecular flexibility index (Phi) is 3.34. The van der Waals surface area contributed by atoms with Crippen molar-refractivity contribution in [3.8, 4) is 0 Å². The van der Waals surface area contributed by atoms with Crippen LogP contribution < -0.4 is 16.6 Å². The van der Waals surface area contributed by atoms with E-state index in [0.29, 0.717) is 22.0 Å². The minimum Gasteiger partial charge on any atom is -0.399 e. The maximum atomic E-state index is 11.8. The second kappa shape index (κ2) is 4.93. The molecule has 0 saturated heterocycles. The molecule has 1 aromatic carbocycles. The number of anilines is 2. The molecule has 2 rings (SSSR count). The molecule has 0 radical (unpaired) electrons. The minimum absolute atomic E-state index is 0.267. The molecule has 0 fully saturated rings. The second-order valence-electron chi connectivity index (χ2n) is 3.64. The molecule has 0 atom stereocenters. The molecule has 92 valence electrons. The fourth-order valence-corrected chi connectivity index (χ4v) is 1.62. The zero-order chi connectivity index (χ0) is 13.1. The van der Waals surface area contributed by atoms with E-state index in [9.17, 15) is 9.59 Å². The number of H-pyrrole nitrogens is 1. The van der Waals surface area contributed by atoms with Crippen LogP contribution in [-0.2, 0) is 0 Å². The molecule has 0 unspecified atom stereocenters. The molecule has 0 spiro atoms. The Morgan fingerprint density at radius 2 is 2.06 bits per heavy atom. The van der Waals surface area contributed by atoms with Crippen LogP contribution in [0.15, 0.2) is 41.3 Å². The average Bonchev–Trinajstić information content (AvgIpc) is 2.33. The maximum Gasteiger partial charge on any atom is 0.257 e. The molecule has 1 heterocycles. The van der Waals surface area contributed by atoms with E-state index in [0.717, 1.165) is 0 Å². The molecule has 18 heavy (non-hydrogen) atoms. The van der Waals surface area contributed by atoms with Crippen LogP contribution in [0.3, 0.4) is 0 Å². The number of aromatic amines is 1. The summed E-state index contributed by atoms with van der Waals surface area (Å²) in [6.45, 7) is 0. The molecule has 0 saturated carbocycles. The third-order valence-corrected chi connectivity index (χ3v) is 2.60. The van der Waals surface area contributed by atoms with Gasteiger partial charge in [-0.3, -0.25) is 9.59 Å². The number of amides is 1. The minimum atomic E-state index is -0.363. The van der Waals surface area contributed by atoms with Crippen molar-refractivity contribution < 1.29 is 4.79 Å². The number of hydrogen-bond acceptors (Lipinski definition) is 3. The van der Waals surface area contributed by atoms with Gasteiger partial charge in [-0.05, 0) is 24.3 Å². The summed E-state index contributed by atoms with van der Waals surface area (Å²) in [7, 11) is 0. The molecule has 5 nitrogen and oxygen atoms in total. The number of benzene rings is 1. The van der Waals surface area contributed by atoms with Gasteiger partial charge in [0, 0.05) is 18.0 Å². The Hall–Kier alpha value is -2.27. The number of nitrogens with one attached hydrogen (secondary N) is 2. The van der Waals surface area contributed by atoms with Gasteiger partial charge >= 0.3 is 0 Å². The van der Waals surface area contributed by atoms with E-state index in [1.807, 2.05) is 0 Å². The number of halogens is 1. The zero-order valence-electron chi connectivity index (χ0n) is 9.24. The largest absolute Gasteiger partial charge is 0.399 e. The lowest BCUT2D eigenvalue weighted by Gasteiger charge is -2.07. The molecular formula is C12H10ClN3O2. The summed E-state index contributed by atoms with van der Waals surface area (Å²) in [6, 6.07) is 7.50. The molecule has 0 bridgehead atoms. The standard InChI is InChI=1S/C12H10ClN3O2/c13-9-5-8(14)2-3-10(9)16-12(18)7-1-4-11(17)15-6-7/h1-6H,14H2,(H,15,17)(H,16,18). The highest BCUT2D eigenvalue weighted by Crippen LogP contribution is 2.24. The van der Waals surface area contributed by atoms with Crippen molar-refractivity contribution in [1.82, 2.24) is 4.98 Å². The first-order valence-electron chi connectivity index (χ1n) is 5.11. The lowest BCUT2D eigenvalue weighted by Crippen LogP contribution is -2.14. The third-order valence-electron chi connectivity index (χ3n) is 2.29. The van der Waals surface area contributed by atoms with Crippen LogP contribution in [0, 0.1) is 0 Å². The van der Waals surface area contributed by atoms with E-state index in [1.54, 1.807) is 18.2 Å². The molecule has 6 heteroatoms. The fourth-order valence-electron chi connectivity index (χ4n) is 1.38. The second-order valence-corrected chi connectivity index (χ2v) is 4.04. The first-order valence-corrected chi connectivity index (χ1v) is 5.49. The zero-order valence-corrected chi connectivity index (χ0v) is 9.99. The van der Waals surface area contributed by atoms with Crippen LogP contribution in [0.1, 0.15) is 10.4 Å². The van der Waals surface area contributed by atoms with E-state index < -0.39 is 0 Å². The van der Waals surface area contributed by atoms with Crippen molar-refractivity contribution in [2.45, 2.75) is 0 Å². The van der Waals surface area contributed by atoms with Crippen LogP contribution in [0.4, 0.5) is 11.4 Å². The van der Waals surface area contributed by atoms with Gasteiger partial charge in [-0.2, -0.15) is 0 Å². The Bertz CT molecular complexity index is 632. The van der Waals surface area contributed by atoms with Crippen molar-refractivity contribution in [2.24, 2.45) is 0 Å². The number of carbonyl (C=O) groups is 1. The predicted octanol–water partition coefficient (Wildman–Crippen LogP) is 1.86. The average molecular weight is 264 g/mol. The van der Waals surface area contributed by atoms with E-state index in [4.69, 9.17) is 17.3 Å². The molecular weight excluding hydrogens is 254 g/mol. The fraction of sp³-hybridized carbons (Fsp3) is 0. The Morgan fingerprint density at radius 1 is 1.28 bits per heavy atom. The highest BCUT2D eigenvalue weighted by atomic mass is 35.5. The highest BCUT2D eigenvalue weighted by Gasteiger charge is 2.08. The Labute approximate surface area is 108 Å². The maximum absolute atomic E-state index is 11.8. The number of hydrogen-bond donors (Lipinski definition) is 3. The molecule has 1 amide bonds. The Morgan fingerprint density at radius 3 is 2.67 bits per heavy atom. The lowest BCUT2D eigenvalue weighted by atomic mass is 10.2. The summed E-state index contributed by atoms with van der Waals surface area (Å²) in [6.07, 6.45) is 1.34. The summed E-state index contributed by atoms with van der Waals surface area (Å²) < 4.78 is 0. The van der Waals surface area contributed by atoms with Crippen LogP contribution >= 0.6 is 11.6 Å². The lowest BCUT2D eigenvalue weighted by molar-refractivity contribution is 0.102. The summed E-state index contributed by atoms with van der Waals surface area (Å²) in [5, 5.41) is 2.98. The van der Waals surface area contributed by atoms with Gasteiger partial charge in [0.25, 0.3) is 5.91 Å².